The van der Waals surface area contributed by atoms with E-state index in [2.05, 4.69) is 39.7 Å². The number of aromatic nitrogens is 2. The number of pyridine rings is 2. The first-order chi connectivity index (χ1) is 14.8. The molecule has 3 aromatic rings. The third-order valence-electron chi connectivity index (χ3n) is 5.81. The second-order valence-corrected chi connectivity index (χ2v) is 7.82. The van der Waals surface area contributed by atoms with Crippen molar-refractivity contribution < 1.29 is 10.3 Å². The van der Waals surface area contributed by atoms with E-state index in [0.29, 0.717) is 5.69 Å². The highest BCUT2D eigenvalue weighted by molar-refractivity contribution is 5.93. The predicted octanol–water partition coefficient (Wildman–Crippen LogP) is 4.85. The van der Waals surface area contributed by atoms with E-state index < -0.39 is 0 Å². The van der Waals surface area contributed by atoms with Gasteiger partial charge in [0.1, 0.15) is 11.4 Å². The zero-order valence-electron chi connectivity index (χ0n) is 17.1. The number of benzene rings is 1. The van der Waals surface area contributed by atoms with Gasteiger partial charge in [0.15, 0.2) is 0 Å². The highest BCUT2D eigenvalue weighted by atomic mass is 16.4. The van der Waals surface area contributed by atoms with Crippen LogP contribution in [0.15, 0.2) is 41.7 Å². The first kappa shape index (κ1) is 20.1. The Morgan fingerprint density at radius 3 is 2.83 bits per heavy atom. The van der Waals surface area contributed by atoms with Gasteiger partial charge in [-0.2, -0.15) is 0 Å². The number of unbranched alkanes of at least 4 members (excludes halogenated alkanes) is 2. The summed E-state index contributed by atoms with van der Waals surface area (Å²) >= 11 is 0. The van der Waals surface area contributed by atoms with Crippen LogP contribution in [0.3, 0.4) is 0 Å². The van der Waals surface area contributed by atoms with Gasteiger partial charge in [0, 0.05) is 29.5 Å². The number of hydrogen-bond acceptors (Lipinski definition) is 6. The van der Waals surface area contributed by atoms with E-state index in [0.717, 1.165) is 62.4 Å². The molecule has 6 nitrogen and oxygen atoms in total. The summed E-state index contributed by atoms with van der Waals surface area (Å²) in [5.74, 6) is 0.100. The number of fused-ring (bicyclic) bond motifs is 2. The van der Waals surface area contributed by atoms with Crippen LogP contribution in [-0.4, -0.2) is 33.0 Å². The highest BCUT2D eigenvalue weighted by Crippen LogP contribution is 2.33. The van der Waals surface area contributed by atoms with Crippen LogP contribution in [0.5, 0.6) is 5.75 Å². The Morgan fingerprint density at radius 1 is 1.07 bits per heavy atom. The number of aromatic hydroxyl groups is 1. The number of aryl methyl sites for hydroxylation is 2. The molecular weight excluding hydrogens is 376 g/mol. The summed E-state index contributed by atoms with van der Waals surface area (Å²) in [4.78, 5) is 8.91. The van der Waals surface area contributed by atoms with Gasteiger partial charge in [0.25, 0.3) is 0 Å². The third kappa shape index (κ3) is 4.37. The number of rotatable bonds is 8. The number of nitrogens with zero attached hydrogens (tertiary/aromatic N) is 3. The second-order valence-electron chi connectivity index (χ2n) is 7.82. The fourth-order valence-corrected chi connectivity index (χ4v) is 4.27. The van der Waals surface area contributed by atoms with Gasteiger partial charge in [0.05, 0.1) is 11.7 Å². The maximum atomic E-state index is 10.2. The maximum absolute atomic E-state index is 10.2. The molecule has 1 aromatic carbocycles. The molecule has 0 saturated carbocycles. The Labute approximate surface area is 176 Å². The highest BCUT2D eigenvalue weighted by Gasteiger charge is 2.17. The van der Waals surface area contributed by atoms with Crippen molar-refractivity contribution in [3.8, 4) is 5.75 Å². The normalized spacial score (nSPS) is 13.6. The van der Waals surface area contributed by atoms with E-state index in [1.54, 1.807) is 6.20 Å². The fraction of sp³-hybridized carbons (Fsp3) is 0.375. The molecule has 0 bridgehead atoms. The van der Waals surface area contributed by atoms with Crippen molar-refractivity contribution in [3.05, 3.63) is 59.0 Å². The van der Waals surface area contributed by atoms with Gasteiger partial charge in [-0.1, -0.05) is 29.8 Å². The largest absolute Gasteiger partial charge is 0.505 e. The average Bonchev–Trinajstić information content (AvgIpc) is 2.78. The standard InChI is InChI=1S/C24H28N4O2/c29-24-17(13-15-25-22(24)16-27-30)8-2-1-7-14-26-23-18-9-3-5-11-20(18)28-21-12-6-4-10-19(21)23/h3,5,9,11,13,15-16,29-30H,1-2,4,6-8,10,12,14H2,(H,26,28)/b27-16-. The summed E-state index contributed by atoms with van der Waals surface area (Å²) in [6.07, 6.45) is 11.3. The maximum Gasteiger partial charge on any atom is 0.146 e. The van der Waals surface area contributed by atoms with Crippen molar-refractivity contribution in [1.29, 1.82) is 0 Å². The number of oxime groups is 1. The van der Waals surface area contributed by atoms with E-state index in [9.17, 15) is 5.11 Å². The minimum atomic E-state index is 0.100. The number of para-hydroxylation sites is 1. The lowest BCUT2D eigenvalue weighted by Gasteiger charge is -2.21. The van der Waals surface area contributed by atoms with E-state index >= 15 is 0 Å². The van der Waals surface area contributed by atoms with E-state index in [1.807, 2.05) is 6.07 Å². The predicted molar refractivity (Wildman–Crippen MR) is 120 cm³/mol. The Morgan fingerprint density at radius 2 is 1.93 bits per heavy atom. The first-order valence-electron chi connectivity index (χ1n) is 10.8. The quantitative estimate of drug-likeness (QED) is 0.216. The Balaban J connectivity index is 1.34. The van der Waals surface area contributed by atoms with E-state index in [-0.39, 0.29) is 5.75 Å². The van der Waals surface area contributed by atoms with E-state index in [1.165, 1.54) is 35.2 Å². The third-order valence-corrected chi connectivity index (χ3v) is 5.81. The molecule has 2 aromatic heterocycles. The van der Waals surface area contributed by atoms with Crippen LogP contribution >= 0.6 is 0 Å². The summed E-state index contributed by atoms with van der Waals surface area (Å²) in [6, 6.07) is 10.2. The SMILES string of the molecule is O/N=C\c1nccc(CCCCCNc2c3c(nc4ccccc24)CCCC3)c1O. The van der Waals surface area contributed by atoms with Gasteiger partial charge in [0.2, 0.25) is 0 Å². The van der Waals surface area contributed by atoms with Crippen LogP contribution in [0, 0.1) is 0 Å². The summed E-state index contributed by atoms with van der Waals surface area (Å²) in [6.45, 7) is 0.922. The van der Waals surface area contributed by atoms with Crippen molar-refractivity contribution in [1.82, 2.24) is 9.97 Å². The minimum absolute atomic E-state index is 0.100. The average molecular weight is 405 g/mol. The Hall–Kier alpha value is -3.15. The first-order valence-corrected chi connectivity index (χ1v) is 10.8. The molecule has 30 heavy (non-hydrogen) atoms. The zero-order chi connectivity index (χ0) is 20.8. The molecular formula is C24H28N4O2. The monoisotopic (exact) mass is 404 g/mol. The molecule has 1 aliphatic rings. The smallest absolute Gasteiger partial charge is 0.146 e. The topological polar surface area (TPSA) is 90.6 Å². The second kappa shape index (κ2) is 9.57. The van der Waals surface area contributed by atoms with Gasteiger partial charge in [-0.15, -0.1) is 0 Å². The van der Waals surface area contributed by atoms with Crippen molar-refractivity contribution in [2.45, 2.75) is 51.4 Å². The summed E-state index contributed by atoms with van der Waals surface area (Å²) in [5.41, 5.74) is 6.15. The zero-order valence-corrected chi connectivity index (χ0v) is 17.1. The molecule has 0 spiro atoms. The van der Waals surface area contributed by atoms with Crippen molar-refractivity contribution in [2.24, 2.45) is 5.16 Å². The molecule has 0 fully saturated rings. The Bertz CT molecular complexity index is 1050. The molecule has 0 saturated heterocycles. The molecule has 2 heterocycles. The molecule has 1 aliphatic carbocycles. The number of anilines is 1. The van der Waals surface area contributed by atoms with Gasteiger partial charge in [-0.05, 0) is 68.2 Å². The van der Waals surface area contributed by atoms with Gasteiger partial charge in [-0.25, -0.2) is 0 Å². The van der Waals surface area contributed by atoms with Crippen LogP contribution in [0.1, 0.15) is 54.6 Å². The van der Waals surface area contributed by atoms with Gasteiger partial charge < -0.3 is 15.6 Å². The Kier molecular flexibility index (Phi) is 6.42. The van der Waals surface area contributed by atoms with Crippen LogP contribution in [-0.2, 0) is 19.3 Å². The molecule has 0 amide bonds. The molecule has 156 valence electrons. The lowest BCUT2D eigenvalue weighted by Crippen LogP contribution is -2.12. The molecule has 0 unspecified atom stereocenters. The number of hydrogen-bond donors (Lipinski definition) is 3. The van der Waals surface area contributed by atoms with Crippen LogP contribution in [0.4, 0.5) is 5.69 Å². The van der Waals surface area contributed by atoms with Crippen LogP contribution < -0.4 is 5.32 Å². The molecule has 4 rings (SSSR count). The summed E-state index contributed by atoms with van der Waals surface area (Å²) in [7, 11) is 0. The molecule has 0 atom stereocenters. The van der Waals surface area contributed by atoms with Crippen molar-refractivity contribution >= 4 is 22.8 Å². The van der Waals surface area contributed by atoms with E-state index in [4.69, 9.17) is 10.2 Å². The van der Waals surface area contributed by atoms with Crippen LogP contribution in [0.2, 0.25) is 0 Å². The van der Waals surface area contributed by atoms with Crippen molar-refractivity contribution in [2.75, 3.05) is 11.9 Å². The van der Waals surface area contributed by atoms with Crippen molar-refractivity contribution in [3.63, 3.8) is 0 Å². The lowest BCUT2D eigenvalue weighted by molar-refractivity contribution is 0.321. The van der Waals surface area contributed by atoms with Gasteiger partial charge in [-0.3, -0.25) is 9.97 Å². The number of nitrogens with one attached hydrogen (secondary N) is 1. The summed E-state index contributed by atoms with van der Waals surface area (Å²) in [5, 5.41) is 26.7. The molecule has 0 radical (unpaired) electrons. The molecule has 3 N–H and O–H groups in total. The molecule has 6 heteroatoms. The lowest BCUT2D eigenvalue weighted by atomic mass is 9.92. The molecule has 0 aliphatic heterocycles. The fourth-order valence-electron chi connectivity index (χ4n) is 4.27. The van der Waals surface area contributed by atoms with Gasteiger partial charge >= 0.3 is 0 Å². The summed E-state index contributed by atoms with van der Waals surface area (Å²) < 4.78 is 0. The van der Waals surface area contributed by atoms with Crippen LogP contribution in [0.25, 0.3) is 10.9 Å². The minimum Gasteiger partial charge on any atom is -0.505 e.